The van der Waals surface area contributed by atoms with Gasteiger partial charge >= 0.3 is 6.18 Å². The molecule has 0 fully saturated rings. The van der Waals surface area contributed by atoms with Crippen LogP contribution in [0.25, 0.3) is 0 Å². The van der Waals surface area contributed by atoms with Crippen molar-refractivity contribution in [1.82, 2.24) is 9.88 Å². The number of nitrogens with zero attached hydrogens (tertiary/aromatic N) is 2. The highest BCUT2D eigenvalue weighted by molar-refractivity contribution is 5.12. The fourth-order valence-electron chi connectivity index (χ4n) is 1.70. The van der Waals surface area contributed by atoms with Gasteiger partial charge in [0.1, 0.15) is 0 Å². The Morgan fingerprint density at radius 2 is 2.05 bits per heavy atom. The molecule has 2 N–H and O–H groups in total. The molecule has 7 heteroatoms. The Kier molecular flexibility index (Phi) is 6.38. The minimum atomic E-state index is -4.25. The van der Waals surface area contributed by atoms with Crippen molar-refractivity contribution < 1.29 is 23.4 Å². The number of aliphatic hydroxyl groups excluding tert-OH is 2. The molecule has 4 nitrogen and oxygen atoms in total. The minimum absolute atomic E-state index is 0.0257. The molecule has 1 aromatic heterocycles. The number of hydrogen-bond donors (Lipinski definition) is 2. The lowest BCUT2D eigenvalue weighted by Crippen LogP contribution is -2.36. The van der Waals surface area contributed by atoms with Crippen molar-refractivity contribution in [1.29, 1.82) is 0 Å². The van der Waals surface area contributed by atoms with Crippen LogP contribution in [0.3, 0.4) is 0 Å². The van der Waals surface area contributed by atoms with Crippen molar-refractivity contribution in [3.63, 3.8) is 0 Å². The Bertz CT molecular complexity index is 396. The van der Waals surface area contributed by atoms with Crippen molar-refractivity contribution in [2.24, 2.45) is 0 Å². The van der Waals surface area contributed by atoms with Crippen LogP contribution in [-0.4, -0.2) is 52.1 Å². The van der Waals surface area contributed by atoms with Gasteiger partial charge in [0.15, 0.2) is 0 Å². The molecule has 0 saturated carbocycles. The average Bonchev–Trinajstić information content (AvgIpc) is 2.37. The van der Waals surface area contributed by atoms with Gasteiger partial charge in [0.2, 0.25) is 0 Å². The summed E-state index contributed by atoms with van der Waals surface area (Å²) in [5.41, 5.74) is 1.59. The summed E-state index contributed by atoms with van der Waals surface area (Å²) in [6.45, 7) is 1.32. The van der Waals surface area contributed by atoms with E-state index in [1.807, 2.05) is 13.0 Å². The van der Waals surface area contributed by atoms with E-state index in [0.29, 0.717) is 5.69 Å². The first-order valence-corrected chi connectivity index (χ1v) is 6.29. The van der Waals surface area contributed by atoms with E-state index >= 15 is 0 Å². The van der Waals surface area contributed by atoms with E-state index in [9.17, 15) is 18.3 Å². The highest BCUT2D eigenvalue weighted by Crippen LogP contribution is 2.20. The zero-order chi connectivity index (χ0) is 15.2. The topological polar surface area (TPSA) is 56.6 Å². The summed E-state index contributed by atoms with van der Waals surface area (Å²) in [7, 11) is 0. The largest absolute Gasteiger partial charge is 0.394 e. The van der Waals surface area contributed by atoms with E-state index in [-0.39, 0.29) is 19.6 Å². The number of aromatic nitrogens is 1. The van der Waals surface area contributed by atoms with Gasteiger partial charge < -0.3 is 10.2 Å². The van der Waals surface area contributed by atoms with Crippen molar-refractivity contribution in [3.8, 4) is 0 Å². The second kappa shape index (κ2) is 7.56. The second-order valence-electron chi connectivity index (χ2n) is 4.76. The molecule has 1 atom stereocenters. The summed E-state index contributed by atoms with van der Waals surface area (Å²) < 4.78 is 36.8. The maximum atomic E-state index is 12.3. The minimum Gasteiger partial charge on any atom is -0.394 e. The lowest BCUT2D eigenvalue weighted by atomic mass is 10.2. The third-order valence-corrected chi connectivity index (χ3v) is 2.75. The molecule has 0 spiro atoms. The van der Waals surface area contributed by atoms with Crippen LogP contribution in [-0.2, 0) is 6.54 Å². The van der Waals surface area contributed by atoms with E-state index in [2.05, 4.69) is 4.98 Å². The van der Waals surface area contributed by atoms with Gasteiger partial charge in [-0.25, -0.2) is 0 Å². The second-order valence-corrected chi connectivity index (χ2v) is 4.76. The van der Waals surface area contributed by atoms with E-state index in [1.165, 1.54) is 4.90 Å². The van der Waals surface area contributed by atoms with Crippen molar-refractivity contribution in [3.05, 3.63) is 29.6 Å². The molecule has 0 unspecified atom stereocenters. The van der Waals surface area contributed by atoms with Gasteiger partial charge in [-0.05, 0) is 18.6 Å². The van der Waals surface area contributed by atoms with Gasteiger partial charge in [-0.3, -0.25) is 9.88 Å². The van der Waals surface area contributed by atoms with Gasteiger partial charge in [-0.1, -0.05) is 6.07 Å². The van der Waals surface area contributed by atoms with Crippen molar-refractivity contribution in [2.75, 3.05) is 19.7 Å². The van der Waals surface area contributed by atoms with Gasteiger partial charge in [-0.2, -0.15) is 13.2 Å². The monoisotopic (exact) mass is 292 g/mol. The molecule has 0 aromatic carbocycles. The molecule has 0 aliphatic heterocycles. The molecule has 114 valence electrons. The summed E-state index contributed by atoms with van der Waals surface area (Å²) in [5, 5.41) is 18.2. The summed E-state index contributed by atoms with van der Waals surface area (Å²) in [6, 6.07) is 3.56. The zero-order valence-corrected chi connectivity index (χ0v) is 11.3. The number of aliphatic hydroxyl groups is 2. The maximum Gasteiger partial charge on any atom is 0.390 e. The van der Waals surface area contributed by atoms with Crippen LogP contribution in [0.5, 0.6) is 0 Å². The Balaban J connectivity index is 2.63. The Hall–Kier alpha value is -1.18. The first kappa shape index (κ1) is 16.9. The van der Waals surface area contributed by atoms with E-state index in [1.54, 1.807) is 12.3 Å². The average molecular weight is 292 g/mol. The van der Waals surface area contributed by atoms with Crippen molar-refractivity contribution >= 4 is 0 Å². The zero-order valence-electron chi connectivity index (χ0n) is 11.3. The van der Waals surface area contributed by atoms with Crippen LogP contribution in [0.1, 0.15) is 17.7 Å². The first-order valence-electron chi connectivity index (χ1n) is 6.29. The van der Waals surface area contributed by atoms with Crippen LogP contribution >= 0.6 is 0 Å². The molecule has 0 saturated heterocycles. The fourth-order valence-corrected chi connectivity index (χ4v) is 1.70. The Morgan fingerprint density at radius 1 is 1.35 bits per heavy atom. The fraction of sp³-hybridized carbons (Fsp3) is 0.615. The summed E-state index contributed by atoms with van der Waals surface area (Å²) in [4.78, 5) is 5.57. The van der Waals surface area contributed by atoms with Gasteiger partial charge in [0.25, 0.3) is 0 Å². The van der Waals surface area contributed by atoms with E-state index in [4.69, 9.17) is 5.11 Å². The van der Waals surface area contributed by atoms with Crippen LogP contribution in [0.4, 0.5) is 13.2 Å². The molecule has 0 aliphatic rings. The highest BCUT2D eigenvalue weighted by Gasteiger charge is 2.28. The molecule has 0 aliphatic carbocycles. The smallest absolute Gasteiger partial charge is 0.390 e. The van der Waals surface area contributed by atoms with Crippen LogP contribution in [0, 0.1) is 6.92 Å². The standard InChI is InChI=1S/C13H19F3N2O2/c1-10-2-3-11(17-6-10)7-18(8-12(20)9-19)5-4-13(14,15)16/h2-3,6,12,19-20H,4-5,7-9H2,1H3/t12-/m0/s1. The molecule has 1 heterocycles. The molecule has 0 amide bonds. The van der Waals surface area contributed by atoms with Crippen LogP contribution in [0.15, 0.2) is 18.3 Å². The van der Waals surface area contributed by atoms with Crippen LogP contribution < -0.4 is 0 Å². The van der Waals surface area contributed by atoms with Gasteiger partial charge in [-0.15, -0.1) is 0 Å². The SMILES string of the molecule is Cc1ccc(CN(CCC(F)(F)F)C[C@H](O)CO)nc1. The Labute approximate surface area is 115 Å². The molecular formula is C13H19F3N2O2. The molecule has 1 aromatic rings. The molecule has 20 heavy (non-hydrogen) atoms. The van der Waals surface area contributed by atoms with E-state index < -0.39 is 25.3 Å². The molecule has 0 bridgehead atoms. The van der Waals surface area contributed by atoms with Gasteiger partial charge in [0, 0.05) is 25.8 Å². The summed E-state index contributed by atoms with van der Waals surface area (Å²) in [5.74, 6) is 0. The first-order chi connectivity index (χ1) is 9.30. The van der Waals surface area contributed by atoms with Gasteiger partial charge in [0.05, 0.1) is 24.8 Å². The third kappa shape index (κ3) is 6.83. The lowest BCUT2D eigenvalue weighted by molar-refractivity contribution is -0.139. The number of aryl methyl sites for hydroxylation is 1. The quantitative estimate of drug-likeness (QED) is 0.799. The molecular weight excluding hydrogens is 273 g/mol. The third-order valence-electron chi connectivity index (χ3n) is 2.75. The summed E-state index contributed by atoms with van der Waals surface area (Å²) >= 11 is 0. The molecule has 0 radical (unpaired) electrons. The number of hydrogen-bond acceptors (Lipinski definition) is 4. The number of halogens is 3. The predicted molar refractivity (Wildman–Crippen MR) is 68.0 cm³/mol. The summed E-state index contributed by atoms with van der Waals surface area (Å²) in [6.07, 6.45) is -4.63. The molecule has 1 rings (SSSR count). The number of pyridine rings is 1. The van der Waals surface area contributed by atoms with E-state index in [0.717, 1.165) is 5.56 Å². The van der Waals surface area contributed by atoms with Crippen LogP contribution in [0.2, 0.25) is 0 Å². The number of alkyl halides is 3. The Morgan fingerprint density at radius 3 is 2.55 bits per heavy atom. The van der Waals surface area contributed by atoms with Crippen molar-refractivity contribution in [2.45, 2.75) is 32.2 Å². The predicted octanol–water partition coefficient (Wildman–Crippen LogP) is 1.50. The highest BCUT2D eigenvalue weighted by atomic mass is 19.4. The lowest BCUT2D eigenvalue weighted by Gasteiger charge is -2.24. The normalized spacial score (nSPS) is 13.8. The maximum absolute atomic E-state index is 12.3. The number of rotatable bonds is 7.